The number of rotatable bonds is 2. The van der Waals surface area contributed by atoms with Gasteiger partial charge in [-0.15, -0.1) is 0 Å². The highest BCUT2D eigenvalue weighted by Crippen LogP contribution is 2.58. The molecule has 5 nitrogen and oxygen atoms in total. The number of thioether (sulfide) groups is 1. The first-order chi connectivity index (χ1) is 13.2. The van der Waals surface area contributed by atoms with Gasteiger partial charge in [-0.1, -0.05) is 53.4 Å². The second-order valence-corrected chi connectivity index (χ2v) is 8.65. The van der Waals surface area contributed by atoms with Crippen LogP contribution >= 0.6 is 23.1 Å². The van der Waals surface area contributed by atoms with Crippen molar-refractivity contribution in [1.29, 1.82) is 0 Å². The quantitative estimate of drug-likeness (QED) is 0.524. The maximum absolute atomic E-state index is 13.0. The van der Waals surface area contributed by atoms with Gasteiger partial charge in [-0.2, -0.15) is 0 Å². The van der Waals surface area contributed by atoms with Gasteiger partial charge in [-0.25, -0.2) is 0 Å². The maximum Gasteiger partial charge on any atom is 0.316 e. The molecule has 7 heteroatoms. The highest BCUT2D eigenvalue weighted by Gasteiger charge is 2.49. The molecule has 5 rings (SSSR count). The lowest BCUT2D eigenvalue weighted by molar-refractivity contribution is -0.140. The number of para-hydroxylation sites is 1. The number of thiazole rings is 1. The molecule has 2 aliphatic rings. The first kappa shape index (κ1) is 16.6. The van der Waals surface area contributed by atoms with Crippen LogP contribution in [0.2, 0.25) is 0 Å². The fourth-order valence-corrected chi connectivity index (χ4v) is 6.41. The highest BCUT2D eigenvalue weighted by atomic mass is 32.2. The summed E-state index contributed by atoms with van der Waals surface area (Å²) in [5.41, 5.74) is 1.96. The van der Waals surface area contributed by atoms with Crippen LogP contribution in [0.3, 0.4) is 0 Å². The number of H-pyrrole nitrogens is 1. The first-order valence-corrected chi connectivity index (χ1v) is 10.2. The maximum atomic E-state index is 13.0. The minimum Gasteiger partial charge on any atom is -0.497 e. The van der Waals surface area contributed by atoms with Crippen molar-refractivity contribution in [2.45, 2.75) is 16.2 Å². The average Bonchev–Trinajstić information content (AvgIpc) is 3.07. The summed E-state index contributed by atoms with van der Waals surface area (Å²) < 4.78 is 10.9. The second-order valence-electron chi connectivity index (χ2n) is 6.48. The van der Waals surface area contributed by atoms with Gasteiger partial charge in [-0.05, 0) is 23.8 Å². The molecule has 2 aliphatic heterocycles. The Kier molecular flexibility index (Phi) is 3.87. The molecule has 3 atom stereocenters. The van der Waals surface area contributed by atoms with Gasteiger partial charge in [0.15, 0.2) is 0 Å². The molecule has 136 valence electrons. The molecule has 0 spiro atoms. The molecule has 0 amide bonds. The lowest BCUT2D eigenvalue weighted by atomic mass is 9.78. The third-order valence-electron chi connectivity index (χ3n) is 5.04. The Hall–Kier alpha value is -2.51. The summed E-state index contributed by atoms with van der Waals surface area (Å²) in [6, 6.07) is 15.3. The van der Waals surface area contributed by atoms with Crippen LogP contribution in [-0.2, 0) is 4.79 Å². The number of fused-ring (bicyclic) bond motifs is 5. The number of carbonyl (C=O) groups excluding carboxylic acids is 1. The Balaban J connectivity index is 1.69. The zero-order valence-electron chi connectivity index (χ0n) is 14.3. The van der Waals surface area contributed by atoms with Crippen molar-refractivity contribution in [3.05, 3.63) is 74.2 Å². The molecule has 2 aromatic carbocycles. The number of carbonyl (C=O) groups is 1. The third kappa shape index (κ3) is 2.61. The van der Waals surface area contributed by atoms with Crippen LogP contribution in [0.25, 0.3) is 0 Å². The molecular formula is C20H15NO4S2. The van der Waals surface area contributed by atoms with Crippen molar-refractivity contribution in [3.8, 4) is 11.5 Å². The fourth-order valence-electron chi connectivity index (χ4n) is 3.83. The summed E-state index contributed by atoms with van der Waals surface area (Å²) in [6.45, 7) is 0. The molecule has 0 aliphatic carbocycles. The number of aromatic amines is 1. The van der Waals surface area contributed by atoms with E-state index in [1.807, 2.05) is 48.5 Å². The predicted octanol–water partition coefficient (Wildman–Crippen LogP) is 3.96. The first-order valence-electron chi connectivity index (χ1n) is 8.50. The number of hydrogen-bond donors (Lipinski definition) is 1. The summed E-state index contributed by atoms with van der Waals surface area (Å²) in [5, 5.41) is 0.691. The van der Waals surface area contributed by atoms with Crippen molar-refractivity contribution in [2.75, 3.05) is 7.11 Å². The molecule has 0 saturated heterocycles. The Morgan fingerprint density at radius 3 is 2.63 bits per heavy atom. The number of ether oxygens (including phenoxy) is 2. The SMILES string of the molecule is COc1ccc(C2Sc3[nH]c(=O)sc3C3c4ccccc4OC(=O)C23)cc1. The minimum atomic E-state index is -0.391. The Morgan fingerprint density at radius 2 is 1.85 bits per heavy atom. The summed E-state index contributed by atoms with van der Waals surface area (Å²) >= 11 is 2.71. The fraction of sp³-hybridized carbons (Fsp3) is 0.200. The molecule has 1 N–H and O–H groups in total. The summed E-state index contributed by atoms with van der Waals surface area (Å²) in [6.07, 6.45) is 0. The smallest absolute Gasteiger partial charge is 0.316 e. The molecule has 0 fully saturated rings. The number of esters is 1. The molecule has 3 unspecified atom stereocenters. The molecule has 3 heterocycles. The highest BCUT2D eigenvalue weighted by molar-refractivity contribution is 7.99. The van der Waals surface area contributed by atoms with Crippen LogP contribution in [0.1, 0.15) is 27.2 Å². The van der Waals surface area contributed by atoms with E-state index in [4.69, 9.17) is 9.47 Å². The van der Waals surface area contributed by atoms with E-state index in [1.165, 1.54) is 23.1 Å². The molecule has 27 heavy (non-hydrogen) atoms. The zero-order valence-corrected chi connectivity index (χ0v) is 15.9. The van der Waals surface area contributed by atoms with Gasteiger partial charge in [0.2, 0.25) is 0 Å². The van der Waals surface area contributed by atoms with E-state index in [0.717, 1.165) is 26.8 Å². The monoisotopic (exact) mass is 397 g/mol. The van der Waals surface area contributed by atoms with Crippen LogP contribution in [-0.4, -0.2) is 18.1 Å². The van der Waals surface area contributed by atoms with Crippen molar-refractivity contribution in [3.63, 3.8) is 0 Å². The Labute approximate surface area is 163 Å². The Bertz CT molecular complexity index is 1090. The largest absolute Gasteiger partial charge is 0.497 e. The van der Waals surface area contributed by atoms with Gasteiger partial charge in [-0.3, -0.25) is 9.59 Å². The summed E-state index contributed by atoms with van der Waals surface area (Å²) in [7, 11) is 1.62. The van der Waals surface area contributed by atoms with E-state index < -0.39 is 5.92 Å². The van der Waals surface area contributed by atoms with E-state index in [9.17, 15) is 9.59 Å². The van der Waals surface area contributed by atoms with E-state index in [2.05, 4.69) is 4.98 Å². The number of nitrogens with one attached hydrogen (secondary N) is 1. The molecule has 3 aromatic rings. The molecule has 0 bridgehead atoms. The van der Waals surface area contributed by atoms with Crippen LogP contribution < -0.4 is 14.3 Å². The second kappa shape index (κ2) is 6.28. The molecule has 0 radical (unpaired) electrons. The number of methoxy groups -OCH3 is 1. The average molecular weight is 397 g/mol. The van der Waals surface area contributed by atoms with E-state index in [-0.39, 0.29) is 22.0 Å². The lowest BCUT2D eigenvalue weighted by Crippen LogP contribution is -2.37. The topological polar surface area (TPSA) is 68.4 Å². The summed E-state index contributed by atoms with van der Waals surface area (Å²) in [4.78, 5) is 28.8. The minimum absolute atomic E-state index is 0.0990. The molecule has 1 aromatic heterocycles. The van der Waals surface area contributed by atoms with Crippen molar-refractivity contribution >= 4 is 29.1 Å². The van der Waals surface area contributed by atoms with Crippen molar-refractivity contribution in [2.24, 2.45) is 5.92 Å². The Morgan fingerprint density at radius 1 is 1.07 bits per heavy atom. The van der Waals surface area contributed by atoms with Gasteiger partial charge in [0.1, 0.15) is 11.5 Å². The summed E-state index contributed by atoms with van der Waals surface area (Å²) in [5.74, 6) is 0.513. The van der Waals surface area contributed by atoms with Gasteiger partial charge in [0.05, 0.1) is 23.3 Å². The predicted molar refractivity (Wildman–Crippen MR) is 104 cm³/mol. The number of benzene rings is 2. The van der Waals surface area contributed by atoms with Crippen LogP contribution in [0.15, 0.2) is 58.4 Å². The number of hydrogen-bond acceptors (Lipinski definition) is 6. The standard InChI is InChI=1S/C20H15NO4S2/c1-24-11-8-6-10(7-9-11)16-15-14(17-18(26-16)21-20(23)27-17)12-4-2-3-5-13(12)25-19(15)22/h2-9,14-16H,1H3,(H,21,23). The van der Waals surface area contributed by atoms with Crippen LogP contribution in [0, 0.1) is 5.92 Å². The van der Waals surface area contributed by atoms with E-state index in [1.54, 1.807) is 7.11 Å². The van der Waals surface area contributed by atoms with Gasteiger partial charge >= 0.3 is 10.8 Å². The molecule has 0 saturated carbocycles. The normalized spacial score (nSPS) is 23.0. The van der Waals surface area contributed by atoms with Gasteiger partial charge < -0.3 is 14.5 Å². The van der Waals surface area contributed by atoms with Gasteiger partial charge in [0, 0.05) is 16.4 Å². The van der Waals surface area contributed by atoms with E-state index in [0.29, 0.717) is 5.75 Å². The van der Waals surface area contributed by atoms with Crippen molar-refractivity contribution in [1.82, 2.24) is 4.98 Å². The lowest BCUT2D eigenvalue weighted by Gasteiger charge is -2.39. The zero-order chi connectivity index (χ0) is 18.5. The molecular weight excluding hydrogens is 382 g/mol. The van der Waals surface area contributed by atoms with Crippen LogP contribution in [0.4, 0.5) is 0 Å². The van der Waals surface area contributed by atoms with Crippen molar-refractivity contribution < 1.29 is 14.3 Å². The van der Waals surface area contributed by atoms with Gasteiger partial charge in [0.25, 0.3) is 0 Å². The van der Waals surface area contributed by atoms with E-state index >= 15 is 0 Å². The van der Waals surface area contributed by atoms with Crippen LogP contribution in [0.5, 0.6) is 11.5 Å². The third-order valence-corrected chi connectivity index (χ3v) is 7.51. The number of aromatic nitrogens is 1.